The standard InChI is InChI=1S/C69H115NO3/c1-3-5-7-9-11-13-15-17-19-21-23-25-27-29-31-33-34-35-36-37-39-41-43-45-47-49-51-53-55-57-59-61-63-65-69(73)70-67(66-71)68(72)64-62-60-58-56-54-52-50-48-46-44-42-40-38-32-30-28-26-24-22-20-18-16-14-12-10-8-6-4-2/h5,7,11,13,17,19,23,25,29,31,34-35,37,39,43,45,49,51,54-57,62,64,67-68,71-72H,3-4,6,8-10,12,14-16,18,20-22,24,26-28,30,32-33,36,38,40-42,44,46-48,50,52-53,58-61,63,65-66H2,1-2H3,(H,70,73)/b7-5-,13-11-,19-17-,25-23-,31-29-,35-34-,39-37-,45-43-,51-49-,56-54+,57-55-,64-62+. The van der Waals surface area contributed by atoms with E-state index in [1.54, 1.807) is 6.08 Å². The molecule has 0 saturated carbocycles. The first-order chi connectivity index (χ1) is 36.2. The first kappa shape index (κ1) is 69.3. The van der Waals surface area contributed by atoms with E-state index in [4.69, 9.17) is 0 Å². The Morgan fingerprint density at radius 2 is 0.616 bits per heavy atom. The van der Waals surface area contributed by atoms with Gasteiger partial charge in [0.15, 0.2) is 0 Å². The highest BCUT2D eigenvalue weighted by molar-refractivity contribution is 5.76. The smallest absolute Gasteiger partial charge is 0.220 e. The number of aliphatic hydroxyl groups excluding tert-OH is 2. The second kappa shape index (κ2) is 62.6. The summed E-state index contributed by atoms with van der Waals surface area (Å²) in [7, 11) is 0. The summed E-state index contributed by atoms with van der Waals surface area (Å²) < 4.78 is 0. The van der Waals surface area contributed by atoms with Crippen LogP contribution >= 0.6 is 0 Å². The fourth-order valence-electron chi connectivity index (χ4n) is 8.46. The number of carbonyl (C=O) groups is 1. The first-order valence-corrected chi connectivity index (χ1v) is 30.5. The number of amides is 1. The van der Waals surface area contributed by atoms with Gasteiger partial charge in [0.05, 0.1) is 18.8 Å². The molecule has 0 radical (unpaired) electrons. The molecule has 3 N–H and O–H groups in total. The monoisotopic (exact) mass is 1010 g/mol. The lowest BCUT2D eigenvalue weighted by molar-refractivity contribution is -0.123. The Hall–Kier alpha value is -3.73. The molecule has 73 heavy (non-hydrogen) atoms. The average molecular weight is 1010 g/mol. The van der Waals surface area contributed by atoms with Crippen LogP contribution in [0.5, 0.6) is 0 Å². The molecule has 0 bridgehead atoms. The summed E-state index contributed by atoms with van der Waals surface area (Å²) in [6.07, 6.45) is 98.8. The van der Waals surface area contributed by atoms with Crippen LogP contribution in [0.3, 0.4) is 0 Å². The summed E-state index contributed by atoms with van der Waals surface area (Å²) in [5.74, 6) is -0.120. The molecular formula is C69H115NO3. The molecule has 0 aromatic heterocycles. The van der Waals surface area contributed by atoms with Crippen molar-refractivity contribution in [3.63, 3.8) is 0 Å². The lowest BCUT2D eigenvalue weighted by Gasteiger charge is -2.19. The quantitative estimate of drug-likeness (QED) is 0.0420. The number of carbonyl (C=O) groups excluding carboxylic acids is 1. The number of rotatable bonds is 54. The molecule has 0 rings (SSSR count). The van der Waals surface area contributed by atoms with Gasteiger partial charge in [0.25, 0.3) is 0 Å². The van der Waals surface area contributed by atoms with Crippen LogP contribution in [0.15, 0.2) is 146 Å². The van der Waals surface area contributed by atoms with Crippen LogP contribution in [0.4, 0.5) is 0 Å². The van der Waals surface area contributed by atoms with Crippen molar-refractivity contribution in [2.75, 3.05) is 6.61 Å². The molecule has 0 aliphatic rings. The lowest BCUT2D eigenvalue weighted by Crippen LogP contribution is -2.45. The van der Waals surface area contributed by atoms with E-state index in [9.17, 15) is 15.0 Å². The van der Waals surface area contributed by atoms with Crippen molar-refractivity contribution in [2.24, 2.45) is 0 Å². The van der Waals surface area contributed by atoms with Crippen molar-refractivity contribution in [1.29, 1.82) is 0 Å². The third-order valence-electron chi connectivity index (χ3n) is 13.1. The molecule has 0 heterocycles. The summed E-state index contributed by atoms with van der Waals surface area (Å²) >= 11 is 0. The van der Waals surface area contributed by atoms with E-state index < -0.39 is 12.1 Å². The molecule has 2 unspecified atom stereocenters. The van der Waals surface area contributed by atoms with Crippen molar-refractivity contribution in [3.8, 4) is 0 Å². The highest BCUT2D eigenvalue weighted by atomic mass is 16.3. The number of aliphatic hydroxyl groups is 2. The average Bonchev–Trinajstić information content (AvgIpc) is 3.40. The Kier molecular flexibility index (Phi) is 59.4. The van der Waals surface area contributed by atoms with Gasteiger partial charge < -0.3 is 15.5 Å². The van der Waals surface area contributed by atoms with E-state index in [0.29, 0.717) is 6.42 Å². The van der Waals surface area contributed by atoms with Crippen LogP contribution in [0.2, 0.25) is 0 Å². The number of hydrogen-bond acceptors (Lipinski definition) is 3. The van der Waals surface area contributed by atoms with Gasteiger partial charge in [-0.15, -0.1) is 0 Å². The zero-order chi connectivity index (χ0) is 52.7. The molecule has 0 aliphatic heterocycles. The van der Waals surface area contributed by atoms with Gasteiger partial charge in [0, 0.05) is 6.42 Å². The minimum Gasteiger partial charge on any atom is -0.394 e. The van der Waals surface area contributed by atoms with Gasteiger partial charge in [0.1, 0.15) is 0 Å². The predicted octanol–water partition coefficient (Wildman–Crippen LogP) is 20.8. The number of nitrogens with one attached hydrogen (secondary N) is 1. The Balaban J connectivity index is 3.70. The molecular weight excluding hydrogens is 891 g/mol. The molecule has 0 aliphatic carbocycles. The van der Waals surface area contributed by atoms with E-state index >= 15 is 0 Å². The molecule has 1 amide bonds. The van der Waals surface area contributed by atoms with Crippen molar-refractivity contribution >= 4 is 5.91 Å². The number of hydrogen-bond donors (Lipinski definition) is 3. The lowest BCUT2D eigenvalue weighted by atomic mass is 10.0. The first-order valence-electron chi connectivity index (χ1n) is 30.5. The molecule has 4 nitrogen and oxygen atoms in total. The fraction of sp³-hybridized carbons (Fsp3) is 0.638. The largest absolute Gasteiger partial charge is 0.394 e. The van der Waals surface area contributed by atoms with E-state index in [1.807, 2.05) is 6.08 Å². The molecule has 2 atom stereocenters. The minimum atomic E-state index is -0.894. The van der Waals surface area contributed by atoms with Crippen LogP contribution < -0.4 is 5.32 Å². The van der Waals surface area contributed by atoms with Gasteiger partial charge in [0.2, 0.25) is 5.91 Å². The topological polar surface area (TPSA) is 69.6 Å². The van der Waals surface area contributed by atoms with Crippen molar-refractivity contribution in [2.45, 2.75) is 276 Å². The van der Waals surface area contributed by atoms with Gasteiger partial charge in [-0.25, -0.2) is 0 Å². The van der Waals surface area contributed by atoms with Crippen molar-refractivity contribution in [1.82, 2.24) is 5.32 Å². The van der Waals surface area contributed by atoms with Crippen LogP contribution in [0, 0.1) is 0 Å². The van der Waals surface area contributed by atoms with Gasteiger partial charge in [-0.3, -0.25) is 4.79 Å². The van der Waals surface area contributed by atoms with Crippen LogP contribution in [-0.2, 0) is 4.79 Å². The summed E-state index contributed by atoms with van der Waals surface area (Å²) in [4.78, 5) is 12.5. The second-order valence-corrected chi connectivity index (χ2v) is 20.0. The van der Waals surface area contributed by atoms with E-state index in [2.05, 4.69) is 153 Å². The summed E-state index contributed by atoms with van der Waals surface area (Å²) in [5.41, 5.74) is 0. The maximum atomic E-state index is 12.5. The highest BCUT2D eigenvalue weighted by Gasteiger charge is 2.17. The van der Waals surface area contributed by atoms with Crippen LogP contribution in [0.1, 0.15) is 264 Å². The van der Waals surface area contributed by atoms with Gasteiger partial charge in [-0.2, -0.15) is 0 Å². The Labute approximate surface area is 453 Å². The summed E-state index contributed by atoms with van der Waals surface area (Å²) in [6, 6.07) is -0.676. The van der Waals surface area contributed by atoms with Gasteiger partial charge in [-0.1, -0.05) is 295 Å². The third-order valence-corrected chi connectivity index (χ3v) is 13.1. The van der Waals surface area contributed by atoms with E-state index in [-0.39, 0.29) is 12.5 Å². The summed E-state index contributed by atoms with van der Waals surface area (Å²) in [5, 5.41) is 23.2. The van der Waals surface area contributed by atoms with Crippen molar-refractivity contribution < 1.29 is 15.0 Å². The Morgan fingerprint density at radius 1 is 0.342 bits per heavy atom. The highest BCUT2D eigenvalue weighted by Crippen LogP contribution is 2.16. The van der Waals surface area contributed by atoms with Gasteiger partial charge in [-0.05, 0) is 109 Å². The van der Waals surface area contributed by atoms with Crippen LogP contribution in [-0.4, -0.2) is 34.9 Å². The van der Waals surface area contributed by atoms with Crippen molar-refractivity contribution in [3.05, 3.63) is 146 Å². The maximum Gasteiger partial charge on any atom is 0.220 e. The van der Waals surface area contributed by atoms with Gasteiger partial charge >= 0.3 is 0 Å². The number of unbranched alkanes of at least 4 members (excludes halogenated alkanes) is 25. The maximum absolute atomic E-state index is 12.5. The third kappa shape index (κ3) is 59.0. The molecule has 0 aromatic rings. The molecule has 0 fully saturated rings. The zero-order valence-electron chi connectivity index (χ0n) is 47.6. The zero-order valence-corrected chi connectivity index (χ0v) is 47.6. The molecule has 4 heteroatoms. The molecule has 414 valence electrons. The van der Waals surface area contributed by atoms with E-state index in [0.717, 1.165) is 103 Å². The Bertz CT molecular complexity index is 1510. The van der Waals surface area contributed by atoms with E-state index in [1.165, 1.54) is 141 Å². The fourth-order valence-corrected chi connectivity index (χ4v) is 8.46. The second-order valence-electron chi connectivity index (χ2n) is 20.0. The normalized spacial score (nSPS) is 13.9. The van der Waals surface area contributed by atoms with Crippen LogP contribution in [0.25, 0.3) is 0 Å². The number of allylic oxidation sites excluding steroid dienone is 23. The predicted molar refractivity (Wildman–Crippen MR) is 326 cm³/mol. The summed E-state index contributed by atoms with van der Waals surface area (Å²) in [6.45, 7) is 4.17. The Morgan fingerprint density at radius 3 is 0.959 bits per heavy atom. The molecule has 0 saturated heterocycles. The molecule has 0 aromatic carbocycles. The molecule has 0 spiro atoms. The SMILES string of the molecule is CC/C=C\C/C=C\C/C=C\C/C=C\C/C=C\C/C=C\C/C=C\C/C=C\C/C=C\C/C=C\CCCCC(=O)NC(CO)C(O)/C=C/CC/C=C/CCCCCCCCCCCCCCCCCCCCCCCC. The minimum absolute atomic E-state index is 0.120.